The molecule has 9 nitrogen and oxygen atoms in total. The highest BCUT2D eigenvalue weighted by Gasteiger charge is 2.44. The minimum atomic E-state index is -1.68. The van der Waals surface area contributed by atoms with Crippen molar-refractivity contribution in [3.63, 3.8) is 0 Å². The Morgan fingerprint density at radius 1 is 1.43 bits per heavy atom. The number of H-pyrrole nitrogens is 1. The van der Waals surface area contributed by atoms with Gasteiger partial charge in [0.25, 0.3) is 0 Å². The molecule has 1 aromatic rings. The monoisotopic (exact) mass is 327 g/mol. The molecule has 126 valence electrons. The standard InChI is InChI=1S/C14H17NO8/c1-5-7-9(15-8(5)13(20)22-2)14(21)23-12(11(7)19)10(18)6(17)3-4-16/h3-4,6,10-12,15-19H,1-2H3. The second-order valence-corrected chi connectivity index (χ2v) is 5.04. The first-order valence-corrected chi connectivity index (χ1v) is 6.70. The summed E-state index contributed by atoms with van der Waals surface area (Å²) in [6, 6.07) is 0. The van der Waals surface area contributed by atoms with Gasteiger partial charge in [0.05, 0.1) is 13.4 Å². The van der Waals surface area contributed by atoms with Crippen LogP contribution in [0.5, 0.6) is 0 Å². The summed E-state index contributed by atoms with van der Waals surface area (Å²) < 4.78 is 9.52. The lowest BCUT2D eigenvalue weighted by atomic mass is 9.92. The van der Waals surface area contributed by atoms with Crippen molar-refractivity contribution in [2.75, 3.05) is 7.11 Å². The Balaban J connectivity index is 2.42. The van der Waals surface area contributed by atoms with Crippen molar-refractivity contribution in [1.29, 1.82) is 0 Å². The van der Waals surface area contributed by atoms with Gasteiger partial charge < -0.3 is 34.9 Å². The molecule has 0 spiro atoms. The van der Waals surface area contributed by atoms with E-state index in [4.69, 9.17) is 9.84 Å². The highest BCUT2D eigenvalue weighted by molar-refractivity contribution is 5.96. The molecule has 1 aromatic heterocycles. The van der Waals surface area contributed by atoms with Crippen LogP contribution in [-0.4, -0.2) is 62.8 Å². The molecule has 0 aromatic carbocycles. The minimum absolute atomic E-state index is 0.0144. The number of fused-ring (bicyclic) bond motifs is 1. The molecule has 9 heteroatoms. The Morgan fingerprint density at radius 2 is 2.09 bits per heavy atom. The lowest BCUT2D eigenvalue weighted by Gasteiger charge is -2.32. The van der Waals surface area contributed by atoms with Crippen molar-refractivity contribution in [3.05, 3.63) is 34.9 Å². The molecule has 1 aliphatic heterocycles. The third-order valence-corrected chi connectivity index (χ3v) is 3.71. The molecule has 0 radical (unpaired) electrons. The predicted molar refractivity (Wildman–Crippen MR) is 74.8 cm³/mol. The summed E-state index contributed by atoms with van der Waals surface area (Å²) in [5, 5.41) is 38.6. The Morgan fingerprint density at radius 3 is 2.65 bits per heavy atom. The molecule has 2 rings (SSSR count). The van der Waals surface area contributed by atoms with E-state index in [9.17, 15) is 24.9 Å². The lowest BCUT2D eigenvalue weighted by Crippen LogP contribution is -2.46. The number of carbonyl (C=O) groups excluding carboxylic acids is 2. The minimum Gasteiger partial charge on any atom is -0.516 e. The fourth-order valence-corrected chi connectivity index (χ4v) is 2.51. The van der Waals surface area contributed by atoms with Gasteiger partial charge in [-0.2, -0.15) is 0 Å². The fourth-order valence-electron chi connectivity index (χ4n) is 2.51. The number of cyclic esters (lactones) is 1. The van der Waals surface area contributed by atoms with E-state index >= 15 is 0 Å². The number of esters is 2. The number of hydrogen-bond acceptors (Lipinski definition) is 8. The predicted octanol–water partition coefficient (Wildman–Crippen LogP) is -0.524. The zero-order valence-corrected chi connectivity index (χ0v) is 12.4. The molecule has 2 heterocycles. The number of carbonyl (C=O) groups is 2. The average molecular weight is 327 g/mol. The van der Waals surface area contributed by atoms with Gasteiger partial charge in [0, 0.05) is 5.56 Å². The quantitative estimate of drug-likeness (QED) is 0.366. The van der Waals surface area contributed by atoms with Gasteiger partial charge in [-0.1, -0.05) is 0 Å². The summed E-state index contributed by atoms with van der Waals surface area (Å²) in [6.07, 6.45) is -4.80. The summed E-state index contributed by atoms with van der Waals surface area (Å²) in [6.45, 7) is 1.50. The van der Waals surface area contributed by atoms with Gasteiger partial charge >= 0.3 is 11.9 Å². The number of aromatic amines is 1. The van der Waals surface area contributed by atoms with Crippen LogP contribution in [0.3, 0.4) is 0 Å². The molecule has 4 atom stereocenters. The molecule has 4 unspecified atom stereocenters. The van der Waals surface area contributed by atoms with Crippen LogP contribution in [0.2, 0.25) is 0 Å². The smallest absolute Gasteiger partial charge is 0.355 e. The van der Waals surface area contributed by atoms with E-state index in [0.717, 1.165) is 6.08 Å². The van der Waals surface area contributed by atoms with E-state index < -0.39 is 36.4 Å². The Kier molecular flexibility index (Phi) is 4.73. The molecule has 0 aliphatic carbocycles. The number of hydrogen-bond donors (Lipinski definition) is 5. The van der Waals surface area contributed by atoms with Crippen LogP contribution in [0.1, 0.15) is 38.2 Å². The highest BCUT2D eigenvalue weighted by atomic mass is 16.6. The van der Waals surface area contributed by atoms with Gasteiger partial charge in [-0.05, 0) is 18.6 Å². The highest BCUT2D eigenvalue weighted by Crippen LogP contribution is 2.35. The molecule has 23 heavy (non-hydrogen) atoms. The first-order chi connectivity index (χ1) is 10.8. The molecule has 0 amide bonds. The topological polar surface area (TPSA) is 149 Å². The number of aromatic nitrogens is 1. The van der Waals surface area contributed by atoms with Gasteiger partial charge in [0.1, 0.15) is 29.7 Å². The lowest BCUT2D eigenvalue weighted by molar-refractivity contribution is -0.109. The average Bonchev–Trinajstić information content (AvgIpc) is 2.88. The van der Waals surface area contributed by atoms with Crippen LogP contribution in [0.25, 0.3) is 0 Å². The molecule has 0 bridgehead atoms. The summed E-state index contributed by atoms with van der Waals surface area (Å²) in [5.74, 6) is -1.62. The largest absolute Gasteiger partial charge is 0.516 e. The molecule has 0 saturated carbocycles. The van der Waals surface area contributed by atoms with E-state index in [2.05, 4.69) is 9.72 Å². The Hall–Kier alpha value is -2.36. The summed E-state index contributed by atoms with van der Waals surface area (Å²) in [5.41, 5.74) is 0.233. The van der Waals surface area contributed by atoms with Crippen LogP contribution in [0, 0.1) is 6.92 Å². The van der Waals surface area contributed by atoms with Crippen LogP contribution in [0.4, 0.5) is 0 Å². The normalized spacial score (nSPS) is 23.3. The van der Waals surface area contributed by atoms with Gasteiger partial charge in [0.2, 0.25) is 0 Å². The fraction of sp³-hybridized carbons (Fsp3) is 0.429. The van der Waals surface area contributed by atoms with Crippen LogP contribution in [0.15, 0.2) is 12.3 Å². The van der Waals surface area contributed by atoms with E-state index in [1.54, 1.807) is 0 Å². The second kappa shape index (κ2) is 6.41. The Labute approximate surface area is 130 Å². The number of ether oxygens (including phenoxy) is 2. The summed E-state index contributed by atoms with van der Waals surface area (Å²) in [4.78, 5) is 26.2. The zero-order valence-electron chi connectivity index (χ0n) is 12.4. The molecule has 0 fully saturated rings. The van der Waals surface area contributed by atoms with Crippen molar-refractivity contribution < 1.29 is 39.5 Å². The Bertz CT molecular complexity index is 649. The molecule has 0 saturated heterocycles. The van der Waals surface area contributed by atoms with Crippen molar-refractivity contribution in [3.8, 4) is 0 Å². The summed E-state index contributed by atoms with van der Waals surface area (Å²) >= 11 is 0. The maximum atomic E-state index is 12.0. The molecular weight excluding hydrogens is 310 g/mol. The first-order valence-electron chi connectivity index (χ1n) is 6.70. The van der Waals surface area contributed by atoms with Gasteiger partial charge in [-0.15, -0.1) is 0 Å². The van der Waals surface area contributed by atoms with Gasteiger partial charge in [-0.3, -0.25) is 0 Å². The molecule has 1 aliphatic rings. The first kappa shape index (κ1) is 17.0. The molecule has 5 N–H and O–H groups in total. The summed E-state index contributed by atoms with van der Waals surface area (Å²) in [7, 11) is 1.17. The van der Waals surface area contributed by atoms with E-state index in [1.807, 2.05) is 0 Å². The SMILES string of the molecule is COC(=O)c1[nH]c2c(c1C)C(O)C(C(O)C(O)C=CO)OC2=O. The number of aliphatic hydroxyl groups is 4. The van der Waals surface area contributed by atoms with Gasteiger partial charge in [0.15, 0.2) is 6.10 Å². The van der Waals surface area contributed by atoms with Crippen LogP contribution >= 0.6 is 0 Å². The molecular formula is C14H17NO8. The van der Waals surface area contributed by atoms with Crippen molar-refractivity contribution in [2.45, 2.75) is 31.3 Å². The van der Waals surface area contributed by atoms with Gasteiger partial charge in [-0.25, -0.2) is 9.59 Å². The van der Waals surface area contributed by atoms with Crippen LogP contribution < -0.4 is 0 Å². The van der Waals surface area contributed by atoms with Crippen LogP contribution in [-0.2, 0) is 9.47 Å². The number of methoxy groups -OCH3 is 1. The number of aliphatic hydroxyl groups excluding tert-OH is 4. The van der Waals surface area contributed by atoms with Crippen molar-refractivity contribution in [2.24, 2.45) is 0 Å². The van der Waals surface area contributed by atoms with E-state index in [-0.39, 0.29) is 22.5 Å². The number of rotatable bonds is 4. The maximum absolute atomic E-state index is 12.0. The van der Waals surface area contributed by atoms with E-state index in [0.29, 0.717) is 6.26 Å². The van der Waals surface area contributed by atoms with E-state index in [1.165, 1.54) is 14.0 Å². The van der Waals surface area contributed by atoms with Crippen molar-refractivity contribution in [1.82, 2.24) is 4.98 Å². The van der Waals surface area contributed by atoms with Crippen molar-refractivity contribution >= 4 is 11.9 Å². The maximum Gasteiger partial charge on any atom is 0.355 e. The third-order valence-electron chi connectivity index (χ3n) is 3.71. The zero-order chi connectivity index (χ0) is 17.3. The third kappa shape index (κ3) is 2.81. The second-order valence-electron chi connectivity index (χ2n) is 5.04. The number of nitrogens with one attached hydrogen (secondary N) is 1.